The van der Waals surface area contributed by atoms with Crippen LogP contribution in [0.25, 0.3) is 0 Å². The third kappa shape index (κ3) is 5.07. The Labute approximate surface area is 136 Å². The number of nitrogens with zero attached hydrogens (tertiary/aromatic N) is 1. The number of hydrogen-bond acceptors (Lipinski definition) is 5. The van der Waals surface area contributed by atoms with Crippen molar-refractivity contribution in [2.75, 3.05) is 18.5 Å². The number of anilines is 1. The minimum Gasteiger partial charge on any atom is -0.335 e. The van der Waals surface area contributed by atoms with Gasteiger partial charge in [0.2, 0.25) is 0 Å². The fourth-order valence-corrected chi connectivity index (χ4v) is 3.41. The molecule has 2 heterocycles. The molecule has 0 bridgehead atoms. The largest absolute Gasteiger partial charge is 0.335 e. The molecule has 8 nitrogen and oxygen atoms in total. The summed E-state index contributed by atoms with van der Waals surface area (Å²) in [5.74, 6) is 0. The molecule has 0 radical (unpaired) electrons. The Hall–Kier alpha value is -1.87. The van der Waals surface area contributed by atoms with Crippen LogP contribution in [0.2, 0.25) is 0 Å². The van der Waals surface area contributed by atoms with E-state index in [-0.39, 0.29) is 10.9 Å². The molecule has 2 rings (SSSR count). The van der Waals surface area contributed by atoms with Crippen LogP contribution in [0, 0.1) is 0 Å². The van der Waals surface area contributed by atoms with Crippen LogP contribution in [0.15, 0.2) is 23.4 Å². The molecule has 23 heavy (non-hydrogen) atoms. The number of rotatable bonds is 5. The van der Waals surface area contributed by atoms with Crippen LogP contribution in [0.5, 0.6) is 0 Å². The lowest BCUT2D eigenvalue weighted by Crippen LogP contribution is -2.43. The number of hydrazine groups is 1. The first-order valence-electron chi connectivity index (χ1n) is 7.73. The Kier molecular flexibility index (Phi) is 5.78. The highest BCUT2D eigenvalue weighted by atomic mass is 32.2. The number of urea groups is 1. The predicted molar refractivity (Wildman–Crippen MR) is 86.0 cm³/mol. The number of carbonyl (C=O) groups excluding carboxylic acids is 1. The van der Waals surface area contributed by atoms with Gasteiger partial charge in [-0.25, -0.2) is 27.9 Å². The van der Waals surface area contributed by atoms with E-state index in [2.05, 4.69) is 15.7 Å². The van der Waals surface area contributed by atoms with Gasteiger partial charge in [-0.3, -0.25) is 0 Å². The fraction of sp³-hybridized carbons (Fsp3) is 0.571. The molecule has 2 amide bonds. The first kappa shape index (κ1) is 17.5. The molecule has 1 saturated heterocycles. The van der Waals surface area contributed by atoms with Gasteiger partial charge in [0, 0.05) is 25.2 Å². The van der Waals surface area contributed by atoms with Crippen molar-refractivity contribution in [1.82, 2.24) is 15.0 Å². The third-order valence-corrected chi connectivity index (χ3v) is 4.77. The number of sulfonamides is 1. The summed E-state index contributed by atoms with van der Waals surface area (Å²) in [5.41, 5.74) is 3.57. The molecule has 0 spiro atoms. The van der Waals surface area contributed by atoms with Gasteiger partial charge in [0.1, 0.15) is 0 Å². The molecular weight excluding hydrogens is 318 g/mol. The second kappa shape index (κ2) is 7.60. The van der Waals surface area contributed by atoms with Crippen molar-refractivity contribution >= 4 is 21.7 Å². The Balaban J connectivity index is 2.16. The predicted octanol–water partition coefficient (Wildman–Crippen LogP) is 0.710. The van der Waals surface area contributed by atoms with E-state index in [1.54, 1.807) is 26.1 Å². The Morgan fingerprint density at radius 1 is 1.26 bits per heavy atom. The van der Waals surface area contributed by atoms with Crippen molar-refractivity contribution in [1.29, 1.82) is 0 Å². The van der Waals surface area contributed by atoms with E-state index < -0.39 is 16.1 Å². The van der Waals surface area contributed by atoms with Gasteiger partial charge in [-0.05, 0) is 26.7 Å². The van der Waals surface area contributed by atoms with Gasteiger partial charge >= 0.3 is 6.03 Å². The zero-order valence-electron chi connectivity index (χ0n) is 13.4. The number of pyridine rings is 1. The van der Waals surface area contributed by atoms with Crippen molar-refractivity contribution in [3.63, 3.8) is 0 Å². The number of aromatic nitrogens is 1. The second-order valence-corrected chi connectivity index (χ2v) is 7.47. The number of amides is 2. The Morgan fingerprint density at radius 2 is 1.96 bits per heavy atom. The Bertz CT molecular complexity index is 642. The molecule has 1 fully saturated rings. The molecule has 0 aromatic carbocycles. The maximum atomic E-state index is 12.4. The molecule has 9 heteroatoms. The maximum Gasteiger partial charge on any atom is 0.328 e. The molecule has 1 aliphatic rings. The summed E-state index contributed by atoms with van der Waals surface area (Å²) in [4.78, 5) is 14.5. The monoisotopic (exact) mass is 342 g/mol. The van der Waals surface area contributed by atoms with Crippen molar-refractivity contribution in [3.8, 4) is 0 Å². The van der Waals surface area contributed by atoms with Crippen LogP contribution in [0.3, 0.4) is 0 Å². The van der Waals surface area contributed by atoms with Crippen LogP contribution in [-0.4, -0.2) is 38.6 Å². The summed E-state index contributed by atoms with van der Waals surface area (Å²) in [6.07, 6.45) is 6.33. The summed E-state index contributed by atoms with van der Waals surface area (Å²) in [7, 11) is -3.97. The number of hydrogen-bond donors (Lipinski definition) is 3. The number of nitrogens with one attached hydrogen (secondary N) is 4. The lowest BCUT2D eigenvalue weighted by Gasteiger charge is -2.28. The normalized spacial score (nSPS) is 16.1. The van der Waals surface area contributed by atoms with E-state index in [1.807, 2.05) is 9.73 Å². The van der Waals surface area contributed by atoms with Gasteiger partial charge in [0.05, 0.1) is 5.69 Å². The summed E-state index contributed by atoms with van der Waals surface area (Å²) in [6, 6.07) is 0.745. The molecule has 1 aromatic rings. The molecule has 1 aliphatic heterocycles. The molecule has 4 N–H and O–H groups in total. The summed E-state index contributed by atoms with van der Waals surface area (Å²) in [5, 5.41) is 4.49. The molecule has 0 saturated carbocycles. The zero-order chi connectivity index (χ0) is 16.9. The molecule has 1 aromatic heterocycles. The van der Waals surface area contributed by atoms with Crippen LogP contribution in [0.1, 0.15) is 33.1 Å². The lowest BCUT2D eigenvalue weighted by atomic mass is 10.2. The minimum atomic E-state index is -3.97. The molecule has 0 atom stereocenters. The van der Waals surface area contributed by atoms with Crippen molar-refractivity contribution < 1.29 is 18.2 Å². The van der Waals surface area contributed by atoms with E-state index in [0.29, 0.717) is 5.69 Å². The maximum absolute atomic E-state index is 12.4. The summed E-state index contributed by atoms with van der Waals surface area (Å²) >= 11 is 0. The fourth-order valence-electron chi connectivity index (χ4n) is 2.37. The van der Waals surface area contributed by atoms with E-state index in [0.717, 1.165) is 25.9 Å². The van der Waals surface area contributed by atoms with Gasteiger partial charge in [-0.1, -0.05) is 6.42 Å². The van der Waals surface area contributed by atoms with Gasteiger partial charge in [0.25, 0.3) is 10.0 Å². The second-order valence-electron chi connectivity index (χ2n) is 5.82. The third-order valence-electron chi connectivity index (χ3n) is 3.40. The van der Waals surface area contributed by atoms with Crippen LogP contribution in [0.4, 0.5) is 10.5 Å². The van der Waals surface area contributed by atoms with Gasteiger partial charge in [-0.15, -0.1) is 0 Å². The molecule has 128 valence electrons. The minimum absolute atomic E-state index is 0.00415. The smallest absolute Gasteiger partial charge is 0.328 e. The SMILES string of the molecule is CC(C)NC(=O)NS(=O)(=O)c1c[nH+]ccc1NN1CCCCC1. The Morgan fingerprint density at radius 3 is 2.61 bits per heavy atom. The quantitative estimate of drug-likeness (QED) is 0.731. The lowest BCUT2D eigenvalue weighted by molar-refractivity contribution is -0.380. The van der Waals surface area contributed by atoms with E-state index >= 15 is 0 Å². The average Bonchev–Trinajstić information content (AvgIpc) is 2.47. The van der Waals surface area contributed by atoms with E-state index in [9.17, 15) is 13.2 Å². The van der Waals surface area contributed by atoms with E-state index in [1.165, 1.54) is 12.6 Å². The molecule has 0 unspecified atom stereocenters. The summed E-state index contributed by atoms with van der Waals surface area (Å²) < 4.78 is 26.9. The van der Waals surface area contributed by atoms with Gasteiger partial charge in [0.15, 0.2) is 17.3 Å². The highest BCUT2D eigenvalue weighted by Gasteiger charge is 2.25. The first-order chi connectivity index (χ1) is 10.9. The van der Waals surface area contributed by atoms with E-state index in [4.69, 9.17) is 0 Å². The highest BCUT2D eigenvalue weighted by Crippen LogP contribution is 2.20. The topological polar surface area (TPSA) is 105 Å². The van der Waals surface area contributed by atoms with Gasteiger partial charge in [-0.2, -0.15) is 0 Å². The van der Waals surface area contributed by atoms with Crippen molar-refractivity contribution in [2.24, 2.45) is 0 Å². The number of aromatic amines is 1. The van der Waals surface area contributed by atoms with Crippen LogP contribution >= 0.6 is 0 Å². The number of H-pyrrole nitrogens is 1. The number of carbonyl (C=O) groups is 1. The highest BCUT2D eigenvalue weighted by molar-refractivity contribution is 7.90. The number of piperidine rings is 1. The first-order valence-corrected chi connectivity index (χ1v) is 9.22. The average molecular weight is 342 g/mol. The van der Waals surface area contributed by atoms with Crippen LogP contribution < -0.4 is 20.4 Å². The summed E-state index contributed by atoms with van der Waals surface area (Å²) in [6.45, 7) is 5.23. The zero-order valence-corrected chi connectivity index (χ0v) is 14.2. The van der Waals surface area contributed by atoms with Crippen molar-refractivity contribution in [3.05, 3.63) is 18.5 Å². The standard InChI is InChI=1S/C14H23N5O3S/c1-11(2)16-14(20)18-23(21,22)13-10-15-7-6-12(13)17-19-8-4-3-5-9-19/h6-7,10-11H,3-5,8-9H2,1-2H3,(H,15,17)(H2,16,18,20)/p+1. The molecule has 0 aliphatic carbocycles. The van der Waals surface area contributed by atoms with Gasteiger partial charge < -0.3 is 10.7 Å². The molecular formula is C14H24N5O3S+. The van der Waals surface area contributed by atoms with Crippen LogP contribution in [-0.2, 0) is 10.0 Å². The van der Waals surface area contributed by atoms with Crippen molar-refractivity contribution in [2.45, 2.75) is 44.0 Å².